The lowest BCUT2D eigenvalue weighted by Gasteiger charge is -2.10. The minimum absolute atomic E-state index is 0.256. The van der Waals surface area contributed by atoms with Gasteiger partial charge in [-0.05, 0) is 48.5 Å². The second-order valence-corrected chi connectivity index (χ2v) is 7.24. The number of rotatable bonds is 4. The van der Waals surface area contributed by atoms with E-state index >= 15 is 0 Å². The lowest BCUT2D eigenvalue weighted by molar-refractivity contribution is 0.101. The highest BCUT2D eigenvalue weighted by Gasteiger charge is 2.12. The first-order chi connectivity index (χ1) is 15.7. The topological polar surface area (TPSA) is 84.0 Å². The molecule has 0 fully saturated rings. The summed E-state index contributed by atoms with van der Waals surface area (Å²) in [5.41, 5.74) is 3.90. The second kappa shape index (κ2) is 8.28. The van der Waals surface area contributed by atoms with Crippen molar-refractivity contribution >= 4 is 45.0 Å². The molecule has 6 nitrogen and oxygen atoms in total. The summed E-state index contributed by atoms with van der Waals surface area (Å²) in [5.74, 6) is -0.512. The standard InChI is InChI=1S/C26H18N4O2/c31-25(29-23-13-15-27-21-7-3-1-5-19(21)23)17-9-11-18(12-10-17)26(32)30-24-14-16-28-22-8-4-2-6-20(22)24/h1-16H,(H,27,29,31)(H,28,30,32). The molecule has 0 unspecified atom stereocenters. The van der Waals surface area contributed by atoms with Crippen LogP contribution < -0.4 is 10.6 Å². The second-order valence-electron chi connectivity index (χ2n) is 7.24. The number of para-hydroxylation sites is 2. The fourth-order valence-corrected chi connectivity index (χ4v) is 3.57. The van der Waals surface area contributed by atoms with Gasteiger partial charge in [-0.15, -0.1) is 0 Å². The molecule has 0 radical (unpaired) electrons. The number of anilines is 2. The molecule has 0 aliphatic carbocycles. The van der Waals surface area contributed by atoms with Crippen molar-refractivity contribution in [3.05, 3.63) is 108 Å². The maximum atomic E-state index is 12.7. The van der Waals surface area contributed by atoms with Crippen LogP contribution in [0.4, 0.5) is 11.4 Å². The monoisotopic (exact) mass is 418 g/mol. The average Bonchev–Trinajstić information content (AvgIpc) is 2.84. The quantitative estimate of drug-likeness (QED) is 0.415. The summed E-state index contributed by atoms with van der Waals surface area (Å²) in [4.78, 5) is 34.1. The predicted octanol–water partition coefficient (Wildman–Crippen LogP) is 5.29. The minimum atomic E-state index is -0.256. The van der Waals surface area contributed by atoms with Gasteiger partial charge >= 0.3 is 0 Å². The molecular weight excluding hydrogens is 400 g/mol. The lowest BCUT2D eigenvalue weighted by Crippen LogP contribution is -2.14. The van der Waals surface area contributed by atoms with Crippen LogP contribution in [0.5, 0.6) is 0 Å². The predicted molar refractivity (Wildman–Crippen MR) is 126 cm³/mol. The zero-order valence-electron chi connectivity index (χ0n) is 16.9. The summed E-state index contributed by atoms with van der Waals surface area (Å²) in [7, 11) is 0. The molecule has 2 amide bonds. The third-order valence-corrected chi connectivity index (χ3v) is 5.20. The van der Waals surface area contributed by atoms with Gasteiger partial charge in [0.15, 0.2) is 0 Å². The highest BCUT2D eigenvalue weighted by atomic mass is 16.2. The first kappa shape index (κ1) is 19.4. The zero-order chi connectivity index (χ0) is 21.9. The van der Waals surface area contributed by atoms with E-state index in [-0.39, 0.29) is 11.8 Å². The molecule has 0 bridgehead atoms. The van der Waals surface area contributed by atoms with Gasteiger partial charge in [0, 0.05) is 34.3 Å². The number of fused-ring (bicyclic) bond motifs is 2. The van der Waals surface area contributed by atoms with Crippen molar-refractivity contribution in [3.8, 4) is 0 Å². The van der Waals surface area contributed by atoms with Crippen molar-refractivity contribution in [3.63, 3.8) is 0 Å². The van der Waals surface area contributed by atoms with Crippen LogP contribution in [0.3, 0.4) is 0 Å². The fourth-order valence-electron chi connectivity index (χ4n) is 3.57. The summed E-state index contributed by atoms with van der Waals surface area (Å²) in [6.07, 6.45) is 3.32. The third kappa shape index (κ3) is 3.77. The van der Waals surface area contributed by atoms with Crippen molar-refractivity contribution in [1.29, 1.82) is 0 Å². The average molecular weight is 418 g/mol. The van der Waals surface area contributed by atoms with E-state index < -0.39 is 0 Å². The van der Waals surface area contributed by atoms with Gasteiger partial charge < -0.3 is 10.6 Å². The summed E-state index contributed by atoms with van der Waals surface area (Å²) in [6, 6.07) is 25.3. The Hall–Kier alpha value is -4.58. The number of nitrogens with one attached hydrogen (secondary N) is 2. The van der Waals surface area contributed by atoms with Crippen LogP contribution in [0.15, 0.2) is 97.3 Å². The van der Waals surface area contributed by atoms with Crippen LogP contribution in [0.1, 0.15) is 20.7 Å². The van der Waals surface area contributed by atoms with Crippen LogP contribution in [0, 0.1) is 0 Å². The van der Waals surface area contributed by atoms with Crippen molar-refractivity contribution in [2.45, 2.75) is 0 Å². The Morgan fingerprint density at radius 2 is 0.938 bits per heavy atom. The van der Waals surface area contributed by atoms with Gasteiger partial charge in [-0.3, -0.25) is 19.6 Å². The van der Waals surface area contributed by atoms with Crippen molar-refractivity contribution < 1.29 is 9.59 Å². The van der Waals surface area contributed by atoms with Gasteiger partial charge in [-0.2, -0.15) is 0 Å². The molecular formula is C26H18N4O2. The van der Waals surface area contributed by atoms with Gasteiger partial charge in [0.1, 0.15) is 0 Å². The SMILES string of the molecule is O=C(Nc1ccnc2ccccc12)c1ccc(C(=O)Nc2ccnc3ccccc23)cc1. The van der Waals surface area contributed by atoms with Crippen LogP contribution in [-0.2, 0) is 0 Å². The van der Waals surface area contributed by atoms with Crippen molar-refractivity contribution in [2.24, 2.45) is 0 Å². The van der Waals surface area contributed by atoms with E-state index in [0.29, 0.717) is 22.5 Å². The molecule has 0 aliphatic heterocycles. The molecule has 0 saturated carbocycles. The summed E-state index contributed by atoms with van der Waals surface area (Å²) < 4.78 is 0. The van der Waals surface area contributed by atoms with E-state index in [1.165, 1.54) is 0 Å². The molecule has 6 heteroatoms. The highest BCUT2D eigenvalue weighted by Crippen LogP contribution is 2.23. The summed E-state index contributed by atoms with van der Waals surface area (Å²) in [6.45, 7) is 0. The molecule has 0 spiro atoms. The van der Waals surface area contributed by atoms with Gasteiger partial charge in [0.05, 0.1) is 22.4 Å². The molecule has 2 aromatic heterocycles. The van der Waals surface area contributed by atoms with E-state index in [4.69, 9.17) is 0 Å². The highest BCUT2D eigenvalue weighted by molar-refractivity contribution is 6.11. The Labute approximate surface area is 184 Å². The number of benzene rings is 3. The number of amides is 2. The number of carbonyl (C=O) groups is 2. The van der Waals surface area contributed by atoms with E-state index in [0.717, 1.165) is 21.8 Å². The van der Waals surface area contributed by atoms with Gasteiger partial charge in [0.25, 0.3) is 11.8 Å². The normalized spacial score (nSPS) is 10.8. The Morgan fingerprint density at radius 3 is 1.38 bits per heavy atom. The Balaban J connectivity index is 1.33. The number of carbonyl (C=O) groups excluding carboxylic acids is 2. The molecule has 0 atom stereocenters. The number of pyridine rings is 2. The summed E-state index contributed by atoms with van der Waals surface area (Å²) >= 11 is 0. The molecule has 32 heavy (non-hydrogen) atoms. The zero-order valence-corrected chi connectivity index (χ0v) is 16.9. The van der Waals surface area contributed by atoms with Crippen LogP contribution in [0.2, 0.25) is 0 Å². The van der Waals surface area contributed by atoms with Crippen LogP contribution >= 0.6 is 0 Å². The number of aromatic nitrogens is 2. The molecule has 2 N–H and O–H groups in total. The van der Waals surface area contributed by atoms with Crippen molar-refractivity contribution in [2.75, 3.05) is 10.6 Å². The van der Waals surface area contributed by atoms with Gasteiger partial charge in [-0.25, -0.2) is 0 Å². The largest absolute Gasteiger partial charge is 0.321 e. The number of hydrogen-bond donors (Lipinski definition) is 2. The minimum Gasteiger partial charge on any atom is -0.321 e. The van der Waals surface area contributed by atoms with Crippen LogP contribution in [-0.4, -0.2) is 21.8 Å². The van der Waals surface area contributed by atoms with Gasteiger partial charge in [0.2, 0.25) is 0 Å². The molecule has 3 aromatic carbocycles. The Bertz CT molecular complexity index is 1340. The third-order valence-electron chi connectivity index (χ3n) is 5.20. The van der Waals surface area contributed by atoms with E-state index in [9.17, 15) is 9.59 Å². The number of nitrogens with zero attached hydrogens (tertiary/aromatic N) is 2. The van der Waals surface area contributed by atoms with E-state index in [2.05, 4.69) is 20.6 Å². The fraction of sp³-hybridized carbons (Fsp3) is 0. The van der Waals surface area contributed by atoms with Crippen LogP contribution in [0.25, 0.3) is 21.8 Å². The van der Waals surface area contributed by atoms with Crippen molar-refractivity contribution in [1.82, 2.24) is 9.97 Å². The Morgan fingerprint density at radius 1 is 0.531 bits per heavy atom. The van der Waals surface area contributed by atoms with E-state index in [1.54, 1.807) is 48.8 Å². The molecule has 0 aliphatic rings. The maximum Gasteiger partial charge on any atom is 0.255 e. The smallest absolute Gasteiger partial charge is 0.255 e. The Kier molecular flexibility index (Phi) is 5.01. The molecule has 5 aromatic rings. The number of hydrogen-bond acceptors (Lipinski definition) is 4. The molecule has 5 rings (SSSR count). The summed E-state index contributed by atoms with van der Waals surface area (Å²) in [5, 5.41) is 7.58. The van der Waals surface area contributed by atoms with E-state index in [1.807, 2.05) is 48.5 Å². The molecule has 2 heterocycles. The lowest BCUT2D eigenvalue weighted by atomic mass is 10.1. The maximum absolute atomic E-state index is 12.7. The molecule has 0 saturated heterocycles. The first-order valence-electron chi connectivity index (χ1n) is 10.1. The molecule has 154 valence electrons. The van der Waals surface area contributed by atoms with Gasteiger partial charge in [-0.1, -0.05) is 36.4 Å². The first-order valence-corrected chi connectivity index (χ1v) is 10.1.